The number of imidazole rings is 1. The number of aromatic nitrogens is 2. The molecule has 2 aromatic rings. The predicted octanol–water partition coefficient (Wildman–Crippen LogP) is 2.25. The van der Waals surface area contributed by atoms with Gasteiger partial charge in [0.15, 0.2) is 6.29 Å². The van der Waals surface area contributed by atoms with Crippen LogP contribution >= 0.6 is 11.6 Å². The van der Waals surface area contributed by atoms with Gasteiger partial charge in [0.05, 0.1) is 17.6 Å². The minimum absolute atomic E-state index is 0.0567. The molecule has 0 unspecified atom stereocenters. The monoisotopic (exact) mass is 264 g/mol. The number of carbonyl (C=O) groups excluding carboxylic acids is 1. The highest BCUT2D eigenvalue weighted by molar-refractivity contribution is 6.31. The number of aldehydes is 1. The van der Waals surface area contributed by atoms with Gasteiger partial charge in [-0.05, 0) is 18.2 Å². The molecule has 0 saturated carbocycles. The average Bonchev–Trinajstić information content (AvgIpc) is 2.69. The Morgan fingerprint density at radius 3 is 2.83 bits per heavy atom. The fraction of sp³-hybridized carbons (Fsp3) is 0.0833. The second kappa shape index (κ2) is 4.62. The van der Waals surface area contributed by atoms with Crippen molar-refractivity contribution < 1.29 is 14.7 Å². The maximum Gasteiger partial charge on any atom is 0.336 e. The van der Waals surface area contributed by atoms with E-state index in [0.29, 0.717) is 28.3 Å². The van der Waals surface area contributed by atoms with Crippen LogP contribution in [0.5, 0.6) is 0 Å². The lowest BCUT2D eigenvalue weighted by molar-refractivity contribution is 0.0697. The number of carbonyl (C=O) groups is 2. The molecule has 0 aliphatic carbocycles. The van der Waals surface area contributed by atoms with Crippen LogP contribution in [0.15, 0.2) is 24.5 Å². The van der Waals surface area contributed by atoms with Crippen molar-refractivity contribution in [3.05, 3.63) is 40.8 Å². The molecule has 0 amide bonds. The highest BCUT2D eigenvalue weighted by Gasteiger charge is 2.18. The molecule has 0 spiro atoms. The maximum absolute atomic E-state index is 11.1. The maximum atomic E-state index is 11.1. The molecule has 0 atom stereocenters. The smallest absolute Gasteiger partial charge is 0.336 e. The summed E-state index contributed by atoms with van der Waals surface area (Å²) in [5, 5.41) is 9.51. The topological polar surface area (TPSA) is 72.2 Å². The molecule has 0 aliphatic rings. The number of halogens is 1. The lowest BCUT2D eigenvalue weighted by atomic mass is 10.0. The molecule has 0 aliphatic heterocycles. The van der Waals surface area contributed by atoms with E-state index in [0.717, 1.165) is 0 Å². The van der Waals surface area contributed by atoms with Gasteiger partial charge in [0, 0.05) is 17.6 Å². The van der Waals surface area contributed by atoms with Gasteiger partial charge < -0.3 is 9.67 Å². The van der Waals surface area contributed by atoms with Crippen molar-refractivity contribution >= 4 is 23.9 Å². The summed E-state index contributed by atoms with van der Waals surface area (Å²) in [5.41, 5.74) is 1.01. The normalized spacial score (nSPS) is 10.3. The van der Waals surface area contributed by atoms with Crippen LogP contribution in [-0.2, 0) is 7.05 Å². The van der Waals surface area contributed by atoms with Crippen molar-refractivity contribution in [1.29, 1.82) is 0 Å². The number of aromatic carboxylic acids is 1. The number of hydrogen-bond donors (Lipinski definition) is 1. The number of nitrogens with zero attached hydrogens (tertiary/aromatic N) is 2. The highest BCUT2D eigenvalue weighted by Crippen LogP contribution is 2.27. The van der Waals surface area contributed by atoms with E-state index in [1.54, 1.807) is 7.05 Å². The second-order valence-corrected chi connectivity index (χ2v) is 4.14. The van der Waals surface area contributed by atoms with Crippen molar-refractivity contribution in [2.24, 2.45) is 7.05 Å². The third kappa shape index (κ3) is 2.00. The van der Waals surface area contributed by atoms with Gasteiger partial charge >= 0.3 is 5.97 Å². The summed E-state index contributed by atoms with van der Waals surface area (Å²) in [6.45, 7) is 0. The standard InChI is InChI=1S/C12H9ClN2O3/c1-15-6-14-11(10(15)5-16)9-4-7(13)2-3-8(9)12(17)18/h2-6H,1H3,(H,17,18). The average molecular weight is 265 g/mol. The van der Waals surface area contributed by atoms with Gasteiger partial charge in [0.2, 0.25) is 0 Å². The van der Waals surface area contributed by atoms with Crippen LogP contribution in [0.4, 0.5) is 0 Å². The molecular weight excluding hydrogens is 256 g/mol. The molecule has 2 rings (SSSR count). The summed E-state index contributed by atoms with van der Waals surface area (Å²) in [4.78, 5) is 26.2. The van der Waals surface area contributed by atoms with E-state index in [4.69, 9.17) is 16.7 Å². The quantitative estimate of drug-likeness (QED) is 0.863. The van der Waals surface area contributed by atoms with Gasteiger partial charge in [0.1, 0.15) is 5.69 Å². The molecule has 1 heterocycles. The van der Waals surface area contributed by atoms with E-state index in [2.05, 4.69) is 4.98 Å². The van der Waals surface area contributed by atoms with Crippen LogP contribution in [0.2, 0.25) is 5.02 Å². The number of benzene rings is 1. The van der Waals surface area contributed by atoms with Crippen LogP contribution in [-0.4, -0.2) is 26.9 Å². The zero-order chi connectivity index (χ0) is 13.3. The lowest BCUT2D eigenvalue weighted by Gasteiger charge is -2.05. The van der Waals surface area contributed by atoms with Crippen molar-refractivity contribution in [2.45, 2.75) is 0 Å². The molecule has 5 nitrogen and oxygen atoms in total. The molecule has 0 fully saturated rings. The molecule has 6 heteroatoms. The molecule has 0 saturated heterocycles. The van der Waals surface area contributed by atoms with Crippen molar-refractivity contribution in [2.75, 3.05) is 0 Å². The van der Waals surface area contributed by atoms with E-state index in [9.17, 15) is 9.59 Å². The first-order chi connectivity index (χ1) is 8.54. The van der Waals surface area contributed by atoms with Gasteiger partial charge in [0.25, 0.3) is 0 Å². The summed E-state index contributed by atoms with van der Waals surface area (Å²) in [6, 6.07) is 4.36. The molecule has 92 valence electrons. The minimum Gasteiger partial charge on any atom is -0.478 e. The van der Waals surface area contributed by atoms with Gasteiger partial charge in [-0.2, -0.15) is 0 Å². The number of carboxylic acid groups (broad SMARTS) is 1. The number of rotatable bonds is 3. The van der Waals surface area contributed by atoms with Gasteiger partial charge in [-0.3, -0.25) is 4.79 Å². The van der Waals surface area contributed by atoms with E-state index in [-0.39, 0.29) is 5.56 Å². The van der Waals surface area contributed by atoms with Crippen LogP contribution in [0.1, 0.15) is 20.8 Å². The molecule has 1 aromatic heterocycles. The first-order valence-electron chi connectivity index (χ1n) is 5.04. The van der Waals surface area contributed by atoms with E-state index < -0.39 is 5.97 Å². The van der Waals surface area contributed by atoms with E-state index >= 15 is 0 Å². The summed E-state index contributed by atoms with van der Waals surface area (Å²) >= 11 is 5.86. The fourth-order valence-corrected chi connectivity index (χ4v) is 1.86. The van der Waals surface area contributed by atoms with Crippen molar-refractivity contribution in [3.8, 4) is 11.3 Å². The Labute approximate surface area is 108 Å². The molecular formula is C12H9ClN2O3. The third-order valence-electron chi connectivity index (χ3n) is 2.56. The van der Waals surface area contributed by atoms with Crippen molar-refractivity contribution in [1.82, 2.24) is 9.55 Å². The Bertz CT molecular complexity index is 634. The van der Waals surface area contributed by atoms with Crippen molar-refractivity contribution in [3.63, 3.8) is 0 Å². The first kappa shape index (κ1) is 12.3. The Hall–Kier alpha value is -2.14. The number of hydrogen-bond acceptors (Lipinski definition) is 3. The SMILES string of the molecule is Cn1cnc(-c2cc(Cl)ccc2C(=O)O)c1C=O. The number of carboxylic acids is 1. The van der Waals surface area contributed by atoms with Crippen LogP contribution in [0, 0.1) is 0 Å². The zero-order valence-electron chi connectivity index (χ0n) is 9.42. The molecule has 18 heavy (non-hydrogen) atoms. The molecule has 0 bridgehead atoms. The Kier molecular flexibility index (Phi) is 3.16. The lowest BCUT2D eigenvalue weighted by Crippen LogP contribution is -2.02. The predicted molar refractivity (Wildman–Crippen MR) is 66.0 cm³/mol. The highest BCUT2D eigenvalue weighted by atomic mass is 35.5. The Morgan fingerprint density at radius 2 is 2.22 bits per heavy atom. The van der Waals surface area contributed by atoms with Crippen LogP contribution in [0.3, 0.4) is 0 Å². The summed E-state index contributed by atoms with van der Waals surface area (Å²) in [7, 11) is 1.66. The number of aryl methyl sites for hydroxylation is 1. The summed E-state index contributed by atoms with van der Waals surface area (Å²) < 4.78 is 1.52. The minimum atomic E-state index is -1.09. The Balaban J connectivity index is 2.73. The first-order valence-corrected chi connectivity index (χ1v) is 5.42. The molecule has 0 radical (unpaired) electrons. The van der Waals surface area contributed by atoms with E-state index in [1.165, 1.54) is 29.1 Å². The fourth-order valence-electron chi connectivity index (χ4n) is 1.69. The van der Waals surface area contributed by atoms with Crippen LogP contribution in [0.25, 0.3) is 11.3 Å². The zero-order valence-corrected chi connectivity index (χ0v) is 10.2. The summed E-state index contributed by atoms with van der Waals surface area (Å²) in [6.07, 6.45) is 2.08. The van der Waals surface area contributed by atoms with Crippen LogP contribution < -0.4 is 0 Å². The third-order valence-corrected chi connectivity index (χ3v) is 2.80. The molecule has 1 N–H and O–H groups in total. The second-order valence-electron chi connectivity index (χ2n) is 3.70. The van der Waals surface area contributed by atoms with Gasteiger partial charge in [-0.1, -0.05) is 11.6 Å². The Morgan fingerprint density at radius 1 is 1.50 bits per heavy atom. The van der Waals surface area contributed by atoms with E-state index in [1.807, 2.05) is 0 Å². The molecule has 1 aromatic carbocycles. The van der Waals surface area contributed by atoms with Gasteiger partial charge in [-0.25, -0.2) is 9.78 Å². The summed E-state index contributed by atoms with van der Waals surface area (Å²) in [5.74, 6) is -1.09. The van der Waals surface area contributed by atoms with Gasteiger partial charge in [-0.15, -0.1) is 0 Å². The largest absolute Gasteiger partial charge is 0.478 e.